The molecule has 0 bridgehead atoms. The molecule has 1 N–H and O–H groups in total. The van der Waals surface area contributed by atoms with Crippen LogP contribution in [0.2, 0.25) is 0 Å². The van der Waals surface area contributed by atoms with Gasteiger partial charge in [0.2, 0.25) is 0 Å². The Morgan fingerprint density at radius 2 is 1.64 bits per heavy atom. The van der Waals surface area contributed by atoms with Gasteiger partial charge in [0, 0.05) is 19.5 Å². The van der Waals surface area contributed by atoms with Crippen LogP contribution in [0.15, 0.2) is 30.6 Å². The van der Waals surface area contributed by atoms with Crippen molar-refractivity contribution in [2.75, 3.05) is 7.11 Å². The summed E-state index contributed by atoms with van der Waals surface area (Å²) in [4.78, 5) is 13.2. The van der Waals surface area contributed by atoms with Gasteiger partial charge in [-0.2, -0.15) is 0 Å². The third kappa shape index (κ3) is 17.7. The number of aromatic nitrogens is 1. The second kappa shape index (κ2) is 16.2. The first-order valence-corrected chi connectivity index (χ1v) is 3.74. The first-order chi connectivity index (χ1) is 5.41. The van der Waals surface area contributed by atoms with Crippen LogP contribution >= 0.6 is 0 Å². The van der Waals surface area contributed by atoms with E-state index in [0.29, 0.717) is 4.88 Å². The van der Waals surface area contributed by atoms with Crippen molar-refractivity contribution in [2.24, 2.45) is 0 Å². The van der Waals surface area contributed by atoms with E-state index in [-0.39, 0.29) is 0 Å². The van der Waals surface area contributed by atoms with Gasteiger partial charge in [-0.25, -0.2) is 0 Å². The number of pyridine rings is 1. The Hall–Kier alpha value is -0.597. The Balaban J connectivity index is 0. The van der Waals surface area contributed by atoms with Crippen molar-refractivity contribution in [1.29, 1.82) is 0 Å². The monoisotopic (exact) mass is 242 g/mol. The largest absolute Gasteiger partial charge is 0.265 e. The van der Waals surface area contributed by atoms with Gasteiger partial charge in [0.25, 0.3) is 0 Å². The molecular weight excluding hydrogens is 231 g/mol. The van der Waals surface area contributed by atoms with Crippen molar-refractivity contribution < 1.29 is 28.2 Å². The van der Waals surface area contributed by atoms with E-state index in [9.17, 15) is 0 Å². The second-order valence-electron chi connectivity index (χ2n) is 1.11. The van der Waals surface area contributed by atoms with E-state index >= 15 is 0 Å². The minimum atomic E-state index is 0.680. The van der Waals surface area contributed by atoms with Gasteiger partial charge in [0.15, 0.2) is 0 Å². The maximum Gasteiger partial charge on any atom is 0.0267 e. The van der Waals surface area contributed by atoms with Crippen molar-refractivity contribution in [1.82, 2.24) is 4.98 Å². The van der Waals surface area contributed by atoms with E-state index in [1.54, 1.807) is 12.4 Å². The molecule has 0 amide bonds. The molecule has 0 atom stereocenters. The van der Waals surface area contributed by atoms with Gasteiger partial charge in [0.1, 0.15) is 0 Å². The molecule has 0 saturated carbocycles. The molecule has 1 heterocycles. The SMILES string of the molecule is CO.O=[CH][Ru].c1ccncc1. The molecule has 1 aromatic heterocycles. The third-order valence-electron chi connectivity index (χ3n) is 0.566. The topological polar surface area (TPSA) is 50.2 Å². The molecule has 0 radical (unpaired) electrons. The molecule has 0 spiro atoms. The van der Waals surface area contributed by atoms with E-state index in [1.165, 1.54) is 0 Å². The van der Waals surface area contributed by atoms with Crippen LogP contribution < -0.4 is 0 Å². The quantitative estimate of drug-likeness (QED) is 0.529. The molecule has 0 aromatic carbocycles. The number of nitrogens with zero attached hydrogens (tertiary/aromatic N) is 1. The number of hydrogen-bond donors (Lipinski definition) is 1. The van der Waals surface area contributed by atoms with Crippen molar-refractivity contribution in [3.05, 3.63) is 30.6 Å². The van der Waals surface area contributed by atoms with Gasteiger partial charge < -0.3 is 5.11 Å². The zero-order valence-electron chi connectivity index (χ0n) is 6.12. The second-order valence-corrected chi connectivity index (χ2v) is 1.52. The summed E-state index contributed by atoms with van der Waals surface area (Å²) in [6.07, 6.45) is 3.50. The fourth-order valence-corrected chi connectivity index (χ4v) is 0.313. The van der Waals surface area contributed by atoms with E-state index in [4.69, 9.17) is 9.90 Å². The maximum atomic E-state index is 8.77. The minimum absolute atomic E-state index is 0.680. The average molecular weight is 241 g/mol. The smallest absolute Gasteiger partial charge is 0.0267 e. The maximum absolute atomic E-state index is 8.77. The van der Waals surface area contributed by atoms with Crippen molar-refractivity contribution >= 4 is 4.88 Å². The first kappa shape index (κ1) is 13.0. The molecule has 0 saturated heterocycles. The fourth-order valence-electron chi connectivity index (χ4n) is 0.313. The van der Waals surface area contributed by atoms with Crippen LogP contribution in [0.25, 0.3) is 0 Å². The van der Waals surface area contributed by atoms with Crippen LogP contribution in [0.3, 0.4) is 0 Å². The first-order valence-electron chi connectivity index (χ1n) is 2.74. The molecule has 3 nitrogen and oxygen atoms in total. The van der Waals surface area contributed by atoms with E-state index in [2.05, 4.69) is 4.98 Å². The molecule has 0 fully saturated rings. The average Bonchev–Trinajstić information content (AvgIpc) is 2.12. The van der Waals surface area contributed by atoms with Gasteiger partial charge in [-0.1, -0.05) is 6.07 Å². The zero-order chi connectivity index (χ0) is 8.95. The van der Waals surface area contributed by atoms with Gasteiger partial charge in [0.05, 0.1) is 0 Å². The summed E-state index contributed by atoms with van der Waals surface area (Å²) >= 11 is 1.83. The van der Waals surface area contributed by atoms with Crippen LogP contribution in [0.4, 0.5) is 0 Å². The zero-order valence-corrected chi connectivity index (χ0v) is 7.86. The molecule has 4 heteroatoms. The van der Waals surface area contributed by atoms with Crippen molar-refractivity contribution in [2.45, 2.75) is 0 Å². The molecule has 11 heavy (non-hydrogen) atoms. The number of aliphatic hydroxyl groups is 1. The Bertz CT molecular complexity index is 120. The van der Waals surface area contributed by atoms with E-state index in [0.717, 1.165) is 7.11 Å². The van der Waals surface area contributed by atoms with Gasteiger partial charge in [-0.05, 0) is 12.1 Å². The predicted molar refractivity (Wildman–Crippen MR) is 39.1 cm³/mol. The molecule has 0 aliphatic heterocycles. The van der Waals surface area contributed by atoms with Crippen LogP contribution in [0.1, 0.15) is 0 Å². The standard InChI is InChI=1S/C5H5N.CH4O.CHO.Ru/c1-2-4-6-5-3-1;2*1-2;/h1-5H;2H,1H3;1H;. The molecule has 63 valence electrons. The normalized spacial score (nSPS) is 6.09. The summed E-state index contributed by atoms with van der Waals surface area (Å²) in [6.45, 7) is 0. The fraction of sp³-hybridized carbons (Fsp3) is 0.143. The summed E-state index contributed by atoms with van der Waals surface area (Å²) in [7, 11) is 1.00. The van der Waals surface area contributed by atoms with Gasteiger partial charge in [-0.15, -0.1) is 0 Å². The summed E-state index contributed by atoms with van der Waals surface area (Å²) in [5.41, 5.74) is 0. The number of aliphatic hydroxyl groups excluding tert-OH is 1. The molecule has 0 aliphatic rings. The van der Waals surface area contributed by atoms with Crippen LogP contribution in [0.5, 0.6) is 0 Å². The van der Waals surface area contributed by atoms with Crippen LogP contribution in [0, 0.1) is 0 Å². The Morgan fingerprint density at radius 3 is 1.73 bits per heavy atom. The predicted octanol–water partition coefficient (Wildman–Crippen LogP) is 0.414. The number of hydrogen-bond acceptors (Lipinski definition) is 3. The van der Waals surface area contributed by atoms with Gasteiger partial charge >= 0.3 is 28.0 Å². The Morgan fingerprint density at radius 1 is 1.27 bits per heavy atom. The van der Waals surface area contributed by atoms with E-state index < -0.39 is 0 Å². The molecule has 1 rings (SSSR count). The minimum Gasteiger partial charge on any atom is -0.265 e. The molecule has 0 aliphatic carbocycles. The molecule has 0 unspecified atom stereocenters. The number of carbonyl (C=O) groups excluding carboxylic acids is 1. The summed E-state index contributed by atoms with van der Waals surface area (Å²) in [5.74, 6) is 0. The molecule has 1 aromatic rings. The van der Waals surface area contributed by atoms with Gasteiger partial charge in [-0.3, -0.25) is 4.98 Å². The van der Waals surface area contributed by atoms with Crippen molar-refractivity contribution in [3.8, 4) is 0 Å². The summed E-state index contributed by atoms with van der Waals surface area (Å²) < 4.78 is 0. The third-order valence-corrected chi connectivity index (χ3v) is 0.566. The van der Waals surface area contributed by atoms with Crippen LogP contribution in [-0.2, 0) is 23.1 Å². The summed E-state index contributed by atoms with van der Waals surface area (Å²) in [6, 6.07) is 5.72. The summed E-state index contributed by atoms with van der Waals surface area (Å²) in [5, 5.41) is 7.00. The van der Waals surface area contributed by atoms with Crippen LogP contribution in [-0.4, -0.2) is 22.1 Å². The Kier molecular flexibility index (Phi) is 19.2. The number of rotatable bonds is 0. The van der Waals surface area contributed by atoms with E-state index in [1.807, 2.05) is 36.5 Å². The van der Waals surface area contributed by atoms with Crippen molar-refractivity contribution in [3.63, 3.8) is 0 Å². The molecular formula is C7H10NO2Ru. The number of carbonyl (C=O) groups is 1. The Labute approximate surface area is 76.1 Å².